The summed E-state index contributed by atoms with van der Waals surface area (Å²) in [5, 5.41) is 0.683. The van der Waals surface area contributed by atoms with Gasteiger partial charge >= 0.3 is 0 Å². The highest BCUT2D eigenvalue weighted by Crippen LogP contribution is 2.34. The minimum atomic E-state index is 0.0771. The van der Waals surface area contributed by atoms with Crippen LogP contribution in [0, 0.1) is 6.92 Å². The number of benzene rings is 2. The number of halogens is 1. The summed E-state index contributed by atoms with van der Waals surface area (Å²) in [5.41, 5.74) is 3.77. The van der Waals surface area contributed by atoms with Crippen molar-refractivity contribution < 1.29 is 4.79 Å². The summed E-state index contributed by atoms with van der Waals surface area (Å²) < 4.78 is 0. The molecular formula is C18H16ClN3O. The van der Waals surface area contributed by atoms with E-state index in [1.54, 1.807) is 0 Å². The fraction of sp³-hybridized carbons (Fsp3) is 0.222. The van der Waals surface area contributed by atoms with E-state index in [0.29, 0.717) is 18.0 Å². The average Bonchev–Trinajstić information content (AvgIpc) is 3.13. The van der Waals surface area contributed by atoms with E-state index in [1.165, 1.54) is 0 Å². The zero-order valence-corrected chi connectivity index (χ0v) is 13.5. The molecule has 1 amide bonds. The third-order valence-electron chi connectivity index (χ3n) is 4.45. The Balaban J connectivity index is 1.66. The van der Waals surface area contributed by atoms with Crippen LogP contribution >= 0.6 is 11.6 Å². The molecule has 0 spiro atoms. The van der Waals surface area contributed by atoms with Gasteiger partial charge in [-0.25, -0.2) is 4.98 Å². The van der Waals surface area contributed by atoms with Crippen LogP contribution in [0.5, 0.6) is 0 Å². The highest BCUT2D eigenvalue weighted by Gasteiger charge is 2.34. The highest BCUT2D eigenvalue weighted by atomic mass is 35.5. The number of anilines is 1. The first kappa shape index (κ1) is 14.3. The number of nitrogens with one attached hydrogen (secondary N) is 1. The number of nitrogens with zero attached hydrogens (tertiary/aromatic N) is 2. The summed E-state index contributed by atoms with van der Waals surface area (Å²) in [7, 11) is 0. The zero-order chi connectivity index (χ0) is 16.0. The maximum absolute atomic E-state index is 12.5. The number of para-hydroxylation sites is 2. The van der Waals surface area contributed by atoms with Gasteiger partial charge in [-0.2, -0.15) is 0 Å². The first-order valence-electron chi connectivity index (χ1n) is 7.63. The number of fused-ring (bicyclic) bond motifs is 1. The van der Waals surface area contributed by atoms with Crippen molar-refractivity contribution in [2.24, 2.45) is 0 Å². The van der Waals surface area contributed by atoms with Gasteiger partial charge in [0, 0.05) is 29.6 Å². The van der Waals surface area contributed by atoms with E-state index in [4.69, 9.17) is 11.6 Å². The Morgan fingerprint density at radius 3 is 2.87 bits per heavy atom. The number of hydrogen-bond donors (Lipinski definition) is 1. The van der Waals surface area contributed by atoms with Gasteiger partial charge in [-0.15, -0.1) is 0 Å². The number of amides is 1. The summed E-state index contributed by atoms with van der Waals surface area (Å²) in [5.74, 6) is 1.07. The molecule has 3 aromatic rings. The summed E-state index contributed by atoms with van der Waals surface area (Å²) in [6, 6.07) is 13.6. The molecule has 23 heavy (non-hydrogen) atoms. The van der Waals surface area contributed by atoms with E-state index in [9.17, 15) is 4.79 Å². The van der Waals surface area contributed by atoms with Crippen LogP contribution in [0.3, 0.4) is 0 Å². The molecule has 0 unspecified atom stereocenters. The number of carbonyl (C=O) groups is 1. The van der Waals surface area contributed by atoms with Crippen LogP contribution in [0.25, 0.3) is 11.0 Å². The molecule has 0 aliphatic carbocycles. The molecule has 4 rings (SSSR count). The van der Waals surface area contributed by atoms with Gasteiger partial charge in [-0.05, 0) is 36.8 Å². The molecule has 1 N–H and O–H groups in total. The van der Waals surface area contributed by atoms with Crippen LogP contribution in [-0.2, 0) is 4.79 Å². The smallest absolute Gasteiger partial charge is 0.227 e. The molecule has 1 atom stereocenters. The van der Waals surface area contributed by atoms with Gasteiger partial charge in [0.1, 0.15) is 5.82 Å². The second-order valence-corrected chi connectivity index (χ2v) is 6.34. The molecule has 1 aliphatic heterocycles. The van der Waals surface area contributed by atoms with Gasteiger partial charge in [0.2, 0.25) is 5.91 Å². The molecule has 1 saturated heterocycles. The van der Waals surface area contributed by atoms with E-state index < -0.39 is 0 Å². The fourth-order valence-corrected chi connectivity index (χ4v) is 3.35. The molecule has 2 heterocycles. The minimum Gasteiger partial charge on any atom is -0.342 e. The lowest BCUT2D eigenvalue weighted by molar-refractivity contribution is -0.117. The SMILES string of the molecule is Cc1c(Cl)cccc1N1C[C@H](c2nc3ccccc3[nH]2)CC1=O. The monoisotopic (exact) mass is 325 g/mol. The van der Waals surface area contributed by atoms with E-state index in [1.807, 2.05) is 54.3 Å². The lowest BCUT2D eigenvalue weighted by atomic mass is 10.1. The second kappa shape index (κ2) is 5.39. The lowest BCUT2D eigenvalue weighted by Gasteiger charge is -2.19. The number of rotatable bonds is 2. The predicted octanol–water partition coefficient (Wildman–Crippen LogP) is 4.05. The van der Waals surface area contributed by atoms with Gasteiger partial charge in [0.15, 0.2) is 0 Å². The Hall–Kier alpha value is -2.33. The van der Waals surface area contributed by atoms with E-state index in [-0.39, 0.29) is 11.8 Å². The molecule has 1 aliphatic rings. The van der Waals surface area contributed by atoms with E-state index in [2.05, 4.69) is 9.97 Å². The van der Waals surface area contributed by atoms with Crippen molar-refractivity contribution >= 4 is 34.2 Å². The lowest BCUT2D eigenvalue weighted by Crippen LogP contribution is -2.25. The number of aromatic amines is 1. The average molecular weight is 326 g/mol. The van der Waals surface area contributed by atoms with Crippen molar-refractivity contribution in [2.75, 3.05) is 11.4 Å². The maximum Gasteiger partial charge on any atom is 0.227 e. The van der Waals surface area contributed by atoms with E-state index in [0.717, 1.165) is 28.1 Å². The van der Waals surface area contributed by atoms with Crippen molar-refractivity contribution in [1.82, 2.24) is 9.97 Å². The molecule has 0 bridgehead atoms. The number of hydrogen-bond acceptors (Lipinski definition) is 2. The maximum atomic E-state index is 12.5. The predicted molar refractivity (Wildman–Crippen MR) is 92.0 cm³/mol. The molecule has 5 heteroatoms. The van der Waals surface area contributed by atoms with Gasteiger partial charge in [0.25, 0.3) is 0 Å². The summed E-state index contributed by atoms with van der Waals surface area (Å²) in [6.45, 7) is 2.57. The molecule has 116 valence electrons. The van der Waals surface area contributed by atoms with Crippen LogP contribution in [-0.4, -0.2) is 22.4 Å². The van der Waals surface area contributed by atoms with Crippen LogP contribution in [0.1, 0.15) is 23.7 Å². The molecule has 0 saturated carbocycles. The van der Waals surface area contributed by atoms with Crippen molar-refractivity contribution in [2.45, 2.75) is 19.3 Å². The van der Waals surface area contributed by atoms with Gasteiger partial charge in [-0.1, -0.05) is 29.8 Å². The van der Waals surface area contributed by atoms with Crippen LogP contribution in [0.2, 0.25) is 5.02 Å². The van der Waals surface area contributed by atoms with Crippen LogP contribution in [0.4, 0.5) is 5.69 Å². The third kappa shape index (κ3) is 2.39. The van der Waals surface area contributed by atoms with Crippen molar-refractivity contribution in [3.05, 3.63) is 58.9 Å². The summed E-state index contributed by atoms with van der Waals surface area (Å²) in [6.07, 6.45) is 0.464. The van der Waals surface area contributed by atoms with Gasteiger partial charge in [-0.3, -0.25) is 4.79 Å². The standard InChI is InChI=1S/C18H16ClN3O/c1-11-13(19)5-4-8-16(11)22-10-12(9-17(22)23)18-20-14-6-2-3-7-15(14)21-18/h2-8,12H,9-10H2,1H3,(H,20,21)/t12-/m1/s1. The first-order chi connectivity index (χ1) is 11.1. The van der Waals surface area contributed by atoms with Crippen molar-refractivity contribution in [1.29, 1.82) is 0 Å². The van der Waals surface area contributed by atoms with Gasteiger partial charge < -0.3 is 9.88 Å². The molecule has 1 fully saturated rings. The normalized spacial score (nSPS) is 18.1. The molecule has 1 aromatic heterocycles. The second-order valence-electron chi connectivity index (χ2n) is 5.93. The van der Waals surface area contributed by atoms with Crippen molar-refractivity contribution in [3.63, 3.8) is 0 Å². The quantitative estimate of drug-likeness (QED) is 0.773. The molecule has 0 radical (unpaired) electrons. The van der Waals surface area contributed by atoms with E-state index >= 15 is 0 Å². The number of aromatic nitrogens is 2. The number of carbonyl (C=O) groups excluding carboxylic acids is 1. The zero-order valence-electron chi connectivity index (χ0n) is 12.7. The Labute approximate surface area is 139 Å². The van der Waals surface area contributed by atoms with Crippen LogP contribution in [0.15, 0.2) is 42.5 Å². The molecule has 2 aromatic carbocycles. The topological polar surface area (TPSA) is 49.0 Å². The third-order valence-corrected chi connectivity index (χ3v) is 4.86. The number of H-pyrrole nitrogens is 1. The number of imidazole rings is 1. The highest BCUT2D eigenvalue weighted by molar-refractivity contribution is 6.31. The minimum absolute atomic E-state index is 0.0771. The molecular weight excluding hydrogens is 310 g/mol. The summed E-state index contributed by atoms with van der Waals surface area (Å²) >= 11 is 6.19. The van der Waals surface area contributed by atoms with Crippen molar-refractivity contribution in [3.8, 4) is 0 Å². The molecule has 4 nitrogen and oxygen atoms in total. The Bertz CT molecular complexity index is 869. The Morgan fingerprint density at radius 1 is 1.22 bits per heavy atom. The Morgan fingerprint density at radius 2 is 2.04 bits per heavy atom. The van der Waals surface area contributed by atoms with Crippen LogP contribution < -0.4 is 4.90 Å². The van der Waals surface area contributed by atoms with Gasteiger partial charge in [0.05, 0.1) is 11.0 Å². The first-order valence-corrected chi connectivity index (χ1v) is 8.01. The largest absolute Gasteiger partial charge is 0.342 e. The summed E-state index contributed by atoms with van der Waals surface area (Å²) in [4.78, 5) is 22.3. The Kier molecular flexibility index (Phi) is 3.34. The fourth-order valence-electron chi connectivity index (χ4n) is 3.18.